The minimum absolute atomic E-state index is 0. The Hall–Kier alpha value is -2.37. The molecule has 10 heteroatoms. The van der Waals surface area contributed by atoms with E-state index in [0.29, 0.717) is 25.5 Å². The first kappa shape index (κ1) is 21.9. The number of nitrogens with zero attached hydrogens (tertiary/aromatic N) is 6. The van der Waals surface area contributed by atoms with Crippen LogP contribution in [0.4, 0.5) is 5.69 Å². The van der Waals surface area contributed by atoms with Gasteiger partial charge in [-0.25, -0.2) is 9.98 Å². The summed E-state index contributed by atoms with van der Waals surface area (Å²) < 4.78 is 6.77. The predicted octanol–water partition coefficient (Wildman–Crippen LogP) is 1.26. The van der Waals surface area contributed by atoms with Crippen molar-refractivity contribution in [3.63, 3.8) is 0 Å². The van der Waals surface area contributed by atoms with Crippen LogP contribution >= 0.6 is 24.0 Å². The average Bonchev–Trinajstić information content (AvgIpc) is 3.11. The molecule has 1 fully saturated rings. The van der Waals surface area contributed by atoms with Gasteiger partial charge in [-0.2, -0.15) is 5.10 Å². The number of piperazine rings is 1. The highest BCUT2D eigenvalue weighted by Crippen LogP contribution is 2.16. The summed E-state index contributed by atoms with van der Waals surface area (Å²) in [5.74, 6) is 1.34. The molecular formula is C18H26IN7O2. The Labute approximate surface area is 181 Å². The summed E-state index contributed by atoms with van der Waals surface area (Å²) in [6.45, 7) is 4.80. The molecule has 9 nitrogen and oxygen atoms in total. The minimum atomic E-state index is 0. The lowest BCUT2D eigenvalue weighted by Gasteiger charge is -2.35. The number of rotatable bonds is 5. The van der Waals surface area contributed by atoms with Gasteiger partial charge in [0.15, 0.2) is 5.96 Å². The van der Waals surface area contributed by atoms with Crippen molar-refractivity contribution >= 4 is 41.5 Å². The molecule has 1 saturated heterocycles. The summed E-state index contributed by atoms with van der Waals surface area (Å²) in [4.78, 5) is 25.2. The van der Waals surface area contributed by atoms with Gasteiger partial charge in [0.05, 0.1) is 25.5 Å². The Balaban J connectivity index is 0.00000280. The van der Waals surface area contributed by atoms with Crippen LogP contribution in [-0.4, -0.2) is 64.8 Å². The van der Waals surface area contributed by atoms with Crippen molar-refractivity contribution < 1.29 is 9.53 Å². The molecule has 3 rings (SSSR count). The van der Waals surface area contributed by atoms with E-state index in [1.807, 2.05) is 37.2 Å². The Kier molecular flexibility index (Phi) is 8.03. The highest BCUT2D eigenvalue weighted by molar-refractivity contribution is 14.0. The SMILES string of the molecule is CCNC(=NCc1ccc(OC)nc1)N1CCN(c2cnn(C)c2)C(=O)C1.I. The number of halogens is 1. The maximum Gasteiger partial charge on any atom is 0.246 e. The molecule has 28 heavy (non-hydrogen) atoms. The van der Waals surface area contributed by atoms with Gasteiger partial charge in [0, 0.05) is 45.1 Å². The molecule has 0 saturated carbocycles. The normalized spacial score (nSPS) is 14.7. The van der Waals surface area contributed by atoms with Crippen LogP contribution in [0, 0.1) is 0 Å². The number of nitrogens with one attached hydrogen (secondary N) is 1. The lowest BCUT2D eigenvalue weighted by atomic mass is 10.3. The van der Waals surface area contributed by atoms with Gasteiger partial charge in [-0.1, -0.05) is 6.07 Å². The van der Waals surface area contributed by atoms with Gasteiger partial charge >= 0.3 is 0 Å². The average molecular weight is 499 g/mol. The van der Waals surface area contributed by atoms with E-state index in [2.05, 4.69) is 20.4 Å². The number of carbonyl (C=O) groups is 1. The molecule has 0 spiro atoms. The molecule has 1 aliphatic heterocycles. The summed E-state index contributed by atoms with van der Waals surface area (Å²) >= 11 is 0. The van der Waals surface area contributed by atoms with Crippen molar-refractivity contribution in [1.29, 1.82) is 0 Å². The molecule has 3 heterocycles. The number of ether oxygens (including phenoxy) is 1. The number of guanidine groups is 1. The number of methoxy groups -OCH3 is 1. The number of aliphatic imine (C=N–C) groups is 1. The standard InChI is InChI=1S/C18H25N7O2.HI/c1-4-19-18(21-10-14-5-6-16(27-3)20-9-14)24-7-8-25(17(26)13-24)15-11-22-23(2)12-15;/h5-6,9,11-12H,4,7-8,10,13H2,1-3H3,(H,19,21);1H. The number of amides is 1. The second-order valence-electron chi connectivity index (χ2n) is 6.22. The van der Waals surface area contributed by atoms with Crippen molar-refractivity contribution in [2.75, 3.05) is 38.2 Å². The quantitative estimate of drug-likeness (QED) is 0.379. The number of aromatic nitrogens is 3. The lowest BCUT2D eigenvalue weighted by Crippen LogP contribution is -2.55. The maximum atomic E-state index is 12.6. The zero-order chi connectivity index (χ0) is 19.2. The van der Waals surface area contributed by atoms with Crippen molar-refractivity contribution in [3.05, 3.63) is 36.3 Å². The van der Waals surface area contributed by atoms with E-state index >= 15 is 0 Å². The van der Waals surface area contributed by atoms with E-state index in [0.717, 1.165) is 23.8 Å². The fourth-order valence-electron chi connectivity index (χ4n) is 2.89. The van der Waals surface area contributed by atoms with E-state index < -0.39 is 0 Å². The summed E-state index contributed by atoms with van der Waals surface area (Å²) in [5.41, 5.74) is 1.81. The largest absolute Gasteiger partial charge is 0.481 e. The fourth-order valence-corrected chi connectivity index (χ4v) is 2.89. The first-order chi connectivity index (χ1) is 13.1. The topological polar surface area (TPSA) is 87.9 Å². The zero-order valence-corrected chi connectivity index (χ0v) is 18.7. The number of hydrogen-bond acceptors (Lipinski definition) is 5. The zero-order valence-electron chi connectivity index (χ0n) is 16.3. The van der Waals surface area contributed by atoms with Gasteiger partial charge in [-0.15, -0.1) is 24.0 Å². The summed E-state index contributed by atoms with van der Waals surface area (Å²) in [5, 5.41) is 7.41. The number of aryl methyl sites for hydroxylation is 1. The maximum absolute atomic E-state index is 12.6. The summed E-state index contributed by atoms with van der Waals surface area (Å²) in [6, 6.07) is 3.75. The number of anilines is 1. The molecular weight excluding hydrogens is 473 g/mol. The van der Waals surface area contributed by atoms with Crippen molar-refractivity contribution in [3.8, 4) is 5.88 Å². The molecule has 2 aromatic rings. The molecule has 0 aromatic carbocycles. The third kappa shape index (κ3) is 5.33. The molecule has 0 bridgehead atoms. The Morgan fingerprint density at radius 2 is 2.14 bits per heavy atom. The number of hydrogen-bond donors (Lipinski definition) is 1. The predicted molar refractivity (Wildman–Crippen MR) is 118 cm³/mol. The minimum Gasteiger partial charge on any atom is -0.481 e. The molecule has 0 aliphatic carbocycles. The first-order valence-corrected chi connectivity index (χ1v) is 8.92. The smallest absolute Gasteiger partial charge is 0.246 e. The first-order valence-electron chi connectivity index (χ1n) is 8.92. The van der Waals surface area contributed by atoms with Crippen LogP contribution in [0.25, 0.3) is 0 Å². The van der Waals surface area contributed by atoms with Crippen molar-refractivity contribution in [2.45, 2.75) is 13.5 Å². The van der Waals surface area contributed by atoms with Crippen LogP contribution < -0.4 is 15.0 Å². The number of pyridine rings is 1. The third-order valence-electron chi connectivity index (χ3n) is 4.28. The van der Waals surface area contributed by atoms with Crippen molar-refractivity contribution in [1.82, 2.24) is 25.0 Å². The second-order valence-corrected chi connectivity index (χ2v) is 6.22. The van der Waals surface area contributed by atoms with Crippen LogP contribution in [0.2, 0.25) is 0 Å². The highest BCUT2D eigenvalue weighted by atomic mass is 127. The van der Waals surface area contributed by atoms with Crippen LogP contribution in [0.5, 0.6) is 5.88 Å². The van der Waals surface area contributed by atoms with Crippen molar-refractivity contribution in [2.24, 2.45) is 12.0 Å². The molecule has 0 atom stereocenters. The van der Waals surface area contributed by atoms with Gasteiger partial charge in [-0.3, -0.25) is 9.48 Å². The molecule has 0 radical (unpaired) electrons. The van der Waals surface area contributed by atoms with Crippen LogP contribution in [0.3, 0.4) is 0 Å². The molecule has 1 amide bonds. The summed E-state index contributed by atoms with van der Waals surface area (Å²) in [6.07, 6.45) is 5.31. The molecule has 0 unspecified atom stereocenters. The Bertz CT molecular complexity index is 807. The molecule has 1 aliphatic rings. The van der Waals surface area contributed by atoms with Crippen LogP contribution in [0.1, 0.15) is 12.5 Å². The summed E-state index contributed by atoms with van der Waals surface area (Å²) in [7, 11) is 3.43. The van der Waals surface area contributed by atoms with E-state index in [4.69, 9.17) is 4.74 Å². The van der Waals surface area contributed by atoms with Gasteiger partial charge < -0.3 is 19.9 Å². The van der Waals surface area contributed by atoms with Crippen LogP contribution in [0.15, 0.2) is 35.7 Å². The Morgan fingerprint density at radius 3 is 2.71 bits per heavy atom. The third-order valence-corrected chi connectivity index (χ3v) is 4.28. The van der Waals surface area contributed by atoms with Gasteiger partial charge in [0.1, 0.15) is 6.54 Å². The van der Waals surface area contributed by atoms with E-state index in [1.54, 1.807) is 29.1 Å². The number of carbonyl (C=O) groups excluding carboxylic acids is 1. The molecule has 152 valence electrons. The van der Waals surface area contributed by atoms with Gasteiger partial charge in [0.2, 0.25) is 11.8 Å². The highest BCUT2D eigenvalue weighted by Gasteiger charge is 2.27. The molecule has 1 N–H and O–H groups in total. The van der Waals surface area contributed by atoms with Crippen LogP contribution in [-0.2, 0) is 18.4 Å². The molecule has 2 aromatic heterocycles. The fraction of sp³-hybridized carbons (Fsp3) is 0.444. The lowest BCUT2D eigenvalue weighted by molar-refractivity contribution is -0.120. The second kappa shape index (κ2) is 10.2. The monoisotopic (exact) mass is 499 g/mol. The van der Waals surface area contributed by atoms with Gasteiger partial charge in [0.25, 0.3) is 0 Å². The van der Waals surface area contributed by atoms with E-state index in [1.165, 1.54) is 0 Å². The van der Waals surface area contributed by atoms with Gasteiger partial charge in [-0.05, 0) is 12.5 Å². The van der Waals surface area contributed by atoms with E-state index in [-0.39, 0.29) is 36.4 Å². The Morgan fingerprint density at radius 1 is 1.32 bits per heavy atom. The van der Waals surface area contributed by atoms with E-state index in [9.17, 15) is 4.79 Å².